The van der Waals surface area contributed by atoms with Gasteiger partial charge < -0.3 is 5.11 Å². The van der Waals surface area contributed by atoms with Crippen LogP contribution in [0.1, 0.15) is 25.8 Å². The molecule has 0 amide bonds. The average molecular weight is 354 g/mol. The summed E-state index contributed by atoms with van der Waals surface area (Å²) in [5, 5.41) is 9.06. The third-order valence-electron chi connectivity index (χ3n) is 2.69. The van der Waals surface area contributed by atoms with Gasteiger partial charge in [-0.3, -0.25) is 0 Å². The van der Waals surface area contributed by atoms with Gasteiger partial charge in [0.05, 0.1) is 6.61 Å². The zero-order chi connectivity index (χ0) is 14.6. The molecule has 0 saturated heterocycles. The van der Waals surface area contributed by atoms with Crippen LogP contribution in [0.2, 0.25) is 0 Å². The highest BCUT2D eigenvalue weighted by atomic mass is 79.9. The summed E-state index contributed by atoms with van der Waals surface area (Å²) < 4.78 is 40.5. The van der Waals surface area contributed by atoms with E-state index in [0.29, 0.717) is 17.4 Å². The summed E-state index contributed by atoms with van der Waals surface area (Å²) in [7, 11) is -3.88. The van der Waals surface area contributed by atoms with E-state index < -0.39 is 27.3 Å². The molecule has 0 aliphatic rings. The van der Waals surface area contributed by atoms with E-state index in [9.17, 15) is 12.8 Å². The molecule has 0 saturated carbocycles. The molecule has 0 fully saturated rings. The number of halogens is 2. The van der Waals surface area contributed by atoms with Gasteiger partial charge in [0.1, 0.15) is 10.7 Å². The van der Waals surface area contributed by atoms with Crippen LogP contribution in [0.4, 0.5) is 4.39 Å². The Labute approximate surface area is 121 Å². The Balaban J connectivity index is 3.39. The van der Waals surface area contributed by atoms with Crippen molar-refractivity contribution >= 4 is 26.0 Å². The Morgan fingerprint density at radius 2 is 2.00 bits per heavy atom. The largest absolute Gasteiger partial charge is 0.392 e. The standard InChI is InChI=1S/C12H17BrFNO3S/c1-3-5-15(4-2)19(17,18)11-7-10(13)6-9(8-16)12(11)14/h6-7,16H,3-5,8H2,1-2H3. The van der Waals surface area contributed by atoms with Gasteiger partial charge in [0.25, 0.3) is 0 Å². The van der Waals surface area contributed by atoms with Crippen LogP contribution in [0.3, 0.4) is 0 Å². The zero-order valence-electron chi connectivity index (χ0n) is 10.9. The van der Waals surface area contributed by atoms with Crippen LogP contribution in [-0.4, -0.2) is 30.9 Å². The smallest absolute Gasteiger partial charge is 0.246 e. The lowest BCUT2D eigenvalue weighted by molar-refractivity contribution is 0.274. The molecule has 7 heteroatoms. The van der Waals surface area contributed by atoms with Gasteiger partial charge in [-0.25, -0.2) is 12.8 Å². The van der Waals surface area contributed by atoms with E-state index in [0.717, 1.165) is 0 Å². The number of hydrogen-bond donors (Lipinski definition) is 1. The maximum Gasteiger partial charge on any atom is 0.246 e. The molecule has 0 aliphatic heterocycles. The molecule has 0 heterocycles. The zero-order valence-corrected chi connectivity index (χ0v) is 13.3. The molecule has 0 atom stereocenters. The second kappa shape index (κ2) is 6.78. The number of nitrogens with zero attached hydrogens (tertiary/aromatic N) is 1. The normalized spacial score (nSPS) is 12.1. The van der Waals surface area contributed by atoms with Gasteiger partial charge in [-0.1, -0.05) is 29.8 Å². The Morgan fingerprint density at radius 1 is 1.37 bits per heavy atom. The van der Waals surface area contributed by atoms with E-state index in [1.165, 1.54) is 16.4 Å². The minimum Gasteiger partial charge on any atom is -0.392 e. The predicted octanol–water partition coefficient (Wildman–Crippen LogP) is 2.50. The maximum absolute atomic E-state index is 14.1. The first-order chi connectivity index (χ1) is 8.88. The number of sulfonamides is 1. The first kappa shape index (κ1) is 16.6. The number of rotatable bonds is 6. The summed E-state index contributed by atoms with van der Waals surface area (Å²) in [5.41, 5.74) is -0.0412. The lowest BCUT2D eigenvalue weighted by Gasteiger charge is -2.20. The summed E-state index contributed by atoms with van der Waals surface area (Å²) in [4.78, 5) is -0.402. The maximum atomic E-state index is 14.1. The molecule has 1 aromatic rings. The molecule has 19 heavy (non-hydrogen) atoms. The topological polar surface area (TPSA) is 57.6 Å². The molecule has 0 radical (unpaired) electrons. The Bertz CT molecular complexity index is 548. The summed E-state index contributed by atoms with van der Waals surface area (Å²) in [5.74, 6) is -0.889. The third-order valence-corrected chi connectivity index (χ3v) is 5.12. The third kappa shape index (κ3) is 3.53. The van der Waals surface area contributed by atoms with E-state index in [2.05, 4.69) is 15.9 Å². The fourth-order valence-electron chi connectivity index (χ4n) is 1.76. The lowest BCUT2D eigenvalue weighted by Crippen LogP contribution is -2.32. The van der Waals surface area contributed by atoms with Gasteiger partial charge in [0.15, 0.2) is 0 Å². The minimum absolute atomic E-state index is 0.0412. The molecule has 0 aliphatic carbocycles. The van der Waals surface area contributed by atoms with E-state index >= 15 is 0 Å². The molecule has 108 valence electrons. The first-order valence-electron chi connectivity index (χ1n) is 5.97. The molecule has 1 aromatic carbocycles. The molecular weight excluding hydrogens is 337 g/mol. The van der Waals surface area contributed by atoms with E-state index in [-0.39, 0.29) is 12.1 Å². The van der Waals surface area contributed by atoms with Gasteiger partial charge in [-0.15, -0.1) is 0 Å². The first-order valence-corrected chi connectivity index (χ1v) is 8.20. The van der Waals surface area contributed by atoms with Crippen molar-refractivity contribution in [3.05, 3.63) is 28.0 Å². The minimum atomic E-state index is -3.88. The van der Waals surface area contributed by atoms with Crippen LogP contribution in [-0.2, 0) is 16.6 Å². The molecule has 0 unspecified atom stereocenters. The van der Waals surface area contributed by atoms with Crippen LogP contribution >= 0.6 is 15.9 Å². The van der Waals surface area contributed by atoms with Crippen molar-refractivity contribution in [1.82, 2.24) is 4.31 Å². The van der Waals surface area contributed by atoms with Crippen molar-refractivity contribution < 1.29 is 17.9 Å². The fourth-order valence-corrected chi connectivity index (χ4v) is 4.09. The van der Waals surface area contributed by atoms with E-state index in [4.69, 9.17) is 5.11 Å². The number of hydrogen-bond acceptors (Lipinski definition) is 3. The SMILES string of the molecule is CCCN(CC)S(=O)(=O)c1cc(Br)cc(CO)c1F. The molecule has 0 aromatic heterocycles. The van der Waals surface area contributed by atoms with Gasteiger partial charge in [0.2, 0.25) is 10.0 Å². The molecule has 0 spiro atoms. The fraction of sp³-hybridized carbons (Fsp3) is 0.500. The van der Waals surface area contributed by atoms with E-state index in [1.807, 2.05) is 6.92 Å². The van der Waals surface area contributed by atoms with Crippen LogP contribution in [0.5, 0.6) is 0 Å². The monoisotopic (exact) mass is 353 g/mol. The second-order valence-corrected chi connectivity index (χ2v) is 6.85. The van der Waals surface area contributed by atoms with Gasteiger partial charge in [0, 0.05) is 23.1 Å². The lowest BCUT2D eigenvalue weighted by atomic mass is 10.2. The molecule has 1 N–H and O–H groups in total. The highest BCUT2D eigenvalue weighted by molar-refractivity contribution is 9.10. The average Bonchev–Trinajstić information content (AvgIpc) is 2.37. The van der Waals surface area contributed by atoms with E-state index in [1.54, 1.807) is 6.92 Å². The molecule has 1 rings (SSSR count). The van der Waals surface area contributed by atoms with Crippen LogP contribution in [0.25, 0.3) is 0 Å². The number of aliphatic hydroxyl groups is 1. The highest BCUT2D eigenvalue weighted by Crippen LogP contribution is 2.26. The molecule has 0 bridgehead atoms. The Kier molecular flexibility index (Phi) is 5.91. The van der Waals surface area contributed by atoms with Gasteiger partial charge in [-0.2, -0.15) is 4.31 Å². The van der Waals surface area contributed by atoms with Crippen LogP contribution < -0.4 is 0 Å². The molecule has 4 nitrogen and oxygen atoms in total. The number of benzene rings is 1. The van der Waals surface area contributed by atoms with Crippen molar-refractivity contribution in [2.75, 3.05) is 13.1 Å². The van der Waals surface area contributed by atoms with Gasteiger partial charge >= 0.3 is 0 Å². The molecular formula is C12H17BrFNO3S. The van der Waals surface area contributed by atoms with Crippen molar-refractivity contribution in [1.29, 1.82) is 0 Å². The van der Waals surface area contributed by atoms with Crippen molar-refractivity contribution in [3.8, 4) is 0 Å². The van der Waals surface area contributed by atoms with Crippen molar-refractivity contribution in [2.24, 2.45) is 0 Å². The van der Waals surface area contributed by atoms with Crippen LogP contribution in [0, 0.1) is 5.82 Å². The predicted molar refractivity (Wildman–Crippen MR) is 74.7 cm³/mol. The second-order valence-electron chi connectivity index (χ2n) is 4.03. The summed E-state index contributed by atoms with van der Waals surface area (Å²) in [6, 6.07) is 2.59. The summed E-state index contributed by atoms with van der Waals surface area (Å²) >= 11 is 3.13. The van der Waals surface area contributed by atoms with Crippen molar-refractivity contribution in [3.63, 3.8) is 0 Å². The van der Waals surface area contributed by atoms with Crippen molar-refractivity contribution in [2.45, 2.75) is 31.8 Å². The van der Waals surface area contributed by atoms with Gasteiger partial charge in [-0.05, 0) is 18.6 Å². The quantitative estimate of drug-likeness (QED) is 0.854. The highest BCUT2D eigenvalue weighted by Gasteiger charge is 2.27. The Hall–Kier alpha value is -0.500. The Morgan fingerprint density at radius 3 is 2.47 bits per heavy atom. The summed E-state index contributed by atoms with van der Waals surface area (Å²) in [6.07, 6.45) is 0.648. The number of aliphatic hydroxyl groups excluding tert-OH is 1. The van der Waals surface area contributed by atoms with Crippen LogP contribution in [0.15, 0.2) is 21.5 Å². The summed E-state index contributed by atoms with van der Waals surface area (Å²) in [6.45, 7) is 3.62.